The van der Waals surface area contributed by atoms with Crippen LogP contribution in [0.3, 0.4) is 0 Å². The second-order valence-electron chi connectivity index (χ2n) is 2.86. The zero-order valence-corrected chi connectivity index (χ0v) is 14.3. The van der Waals surface area contributed by atoms with Crippen LogP contribution in [0.5, 0.6) is 0 Å². The first kappa shape index (κ1) is 18.2. The number of hydrogen-bond donors (Lipinski definition) is 0. The molecule has 0 amide bonds. The molecule has 0 N–H and O–H groups in total. The standard InChI is InChI=1S/C8H20N.Au.4ClH/c1-5-9(6-2,7-3)8-4;;;;;/h5-8H2,1-4H3;;4*1H/q+1;+3;;;;/p-4. The molecule has 0 aromatic carbocycles. The summed E-state index contributed by atoms with van der Waals surface area (Å²) in [6.07, 6.45) is 0. The van der Waals surface area contributed by atoms with Gasteiger partial charge in [-0.05, 0) is 27.7 Å². The summed E-state index contributed by atoms with van der Waals surface area (Å²) in [5.74, 6) is 0. The molecular formula is C8H20AuCl4N. The Hall–Kier alpha value is 1.86. The van der Waals surface area contributed by atoms with Crippen LogP contribution in [0.15, 0.2) is 0 Å². The second-order valence-corrected chi connectivity index (χ2v) is 21.6. The molecule has 0 fully saturated rings. The summed E-state index contributed by atoms with van der Waals surface area (Å²) < 4.78 is 1.28. The van der Waals surface area contributed by atoms with Crippen LogP contribution in [0.4, 0.5) is 0 Å². The van der Waals surface area contributed by atoms with Gasteiger partial charge < -0.3 is 4.48 Å². The van der Waals surface area contributed by atoms with Crippen molar-refractivity contribution in [2.45, 2.75) is 27.7 Å². The fourth-order valence-electron chi connectivity index (χ4n) is 1.34. The van der Waals surface area contributed by atoms with Gasteiger partial charge in [-0.1, -0.05) is 0 Å². The summed E-state index contributed by atoms with van der Waals surface area (Å²) >= 11 is -3.00. The maximum atomic E-state index is 5.00. The summed E-state index contributed by atoms with van der Waals surface area (Å²) in [5.41, 5.74) is 0. The van der Waals surface area contributed by atoms with E-state index in [0.717, 1.165) is 0 Å². The van der Waals surface area contributed by atoms with Crippen molar-refractivity contribution in [3.8, 4) is 0 Å². The molecule has 0 aliphatic heterocycles. The van der Waals surface area contributed by atoms with Gasteiger partial charge in [0, 0.05) is 0 Å². The maximum absolute atomic E-state index is 5.00. The van der Waals surface area contributed by atoms with Gasteiger partial charge in [0.05, 0.1) is 26.2 Å². The quantitative estimate of drug-likeness (QED) is 0.416. The van der Waals surface area contributed by atoms with E-state index in [9.17, 15) is 0 Å². The van der Waals surface area contributed by atoms with Crippen molar-refractivity contribution in [3.05, 3.63) is 0 Å². The third-order valence-electron chi connectivity index (χ3n) is 2.68. The number of quaternary nitrogens is 1. The Labute approximate surface area is 107 Å². The van der Waals surface area contributed by atoms with E-state index >= 15 is 0 Å². The fourth-order valence-corrected chi connectivity index (χ4v) is 1.34. The molecule has 0 spiro atoms. The molecule has 0 aliphatic carbocycles. The van der Waals surface area contributed by atoms with E-state index in [2.05, 4.69) is 27.7 Å². The van der Waals surface area contributed by atoms with Crippen LogP contribution in [-0.4, -0.2) is 30.7 Å². The van der Waals surface area contributed by atoms with E-state index in [4.69, 9.17) is 36.8 Å². The molecule has 0 aromatic heterocycles. The summed E-state index contributed by atoms with van der Waals surface area (Å²) in [6, 6.07) is 0. The molecule has 0 saturated heterocycles. The summed E-state index contributed by atoms with van der Waals surface area (Å²) in [5, 5.41) is 0. The molecule has 0 aromatic rings. The predicted octanol–water partition coefficient (Wildman–Crippen LogP) is 4.64. The summed E-state index contributed by atoms with van der Waals surface area (Å²) in [7, 11) is 20.0. The number of nitrogens with zero attached hydrogens (tertiary/aromatic N) is 1. The average molecular weight is 469 g/mol. The third-order valence-corrected chi connectivity index (χ3v) is 2.68. The molecule has 0 atom stereocenters. The molecule has 1 nitrogen and oxygen atoms in total. The molecule has 0 bridgehead atoms. The van der Waals surface area contributed by atoms with Crippen molar-refractivity contribution >= 4 is 36.8 Å². The molecule has 0 saturated carbocycles. The third kappa shape index (κ3) is 11.9. The van der Waals surface area contributed by atoms with Crippen LogP contribution >= 0.6 is 36.8 Å². The van der Waals surface area contributed by atoms with E-state index in [0.29, 0.717) is 0 Å². The Kier molecular flexibility index (Phi) is 11.7. The van der Waals surface area contributed by atoms with Crippen LogP contribution in [0.25, 0.3) is 0 Å². The van der Waals surface area contributed by atoms with Crippen LogP contribution in [0.2, 0.25) is 0 Å². The van der Waals surface area contributed by atoms with Crippen LogP contribution in [0, 0.1) is 0 Å². The Bertz CT molecular complexity index is 110. The minimum absolute atomic E-state index is 1.28. The molecule has 0 heterocycles. The van der Waals surface area contributed by atoms with Crippen LogP contribution < -0.4 is 0 Å². The molecule has 0 unspecified atom stereocenters. The Morgan fingerprint density at radius 1 is 0.714 bits per heavy atom. The first-order valence-electron chi connectivity index (χ1n) is 4.55. The molecule has 14 heavy (non-hydrogen) atoms. The second kappa shape index (κ2) is 8.95. The minimum atomic E-state index is -3.00. The Balaban J connectivity index is 0. The van der Waals surface area contributed by atoms with Gasteiger partial charge in [0.1, 0.15) is 0 Å². The van der Waals surface area contributed by atoms with Crippen molar-refractivity contribution in [3.63, 3.8) is 0 Å². The fraction of sp³-hybridized carbons (Fsp3) is 1.00. The van der Waals surface area contributed by atoms with E-state index in [1.807, 2.05) is 0 Å². The number of hydrogen-bond acceptors (Lipinski definition) is 0. The van der Waals surface area contributed by atoms with Crippen molar-refractivity contribution < 1.29 is 17.3 Å². The molecule has 6 heteroatoms. The Morgan fingerprint density at radius 2 is 0.857 bits per heavy atom. The number of rotatable bonds is 4. The molecule has 96 valence electrons. The van der Waals surface area contributed by atoms with Crippen LogP contribution in [-0.2, 0) is 12.8 Å². The van der Waals surface area contributed by atoms with Gasteiger partial charge in [0.2, 0.25) is 0 Å². The van der Waals surface area contributed by atoms with Gasteiger partial charge in [-0.15, -0.1) is 0 Å². The zero-order chi connectivity index (χ0) is 11.8. The summed E-state index contributed by atoms with van der Waals surface area (Å²) in [6.45, 7) is 14.2. The van der Waals surface area contributed by atoms with Gasteiger partial charge >= 0.3 is 49.6 Å². The molecule has 0 aliphatic rings. The summed E-state index contributed by atoms with van der Waals surface area (Å²) in [4.78, 5) is 0. The van der Waals surface area contributed by atoms with Gasteiger partial charge in [0.15, 0.2) is 0 Å². The van der Waals surface area contributed by atoms with Gasteiger partial charge in [-0.2, -0.15) is 0 Å². The first-order chi connectivity index (χ1) is 6.24. The van der Waals surface area contributed by atoms with E-state index < -0.39 is 12.8 Å². The van der Waals surface area contributed by atoms with Gasteiger partial charge in [0.25, 0.3) is 0 Å². The van der Waals surface area contributed by atoms with Crippen molar-refractivity contribution in [2.24, 2.45) is 0 Å². The monoisotopic (exact) mass is 467 g/mol. The molecular weight excluding hydrogens is 449 g/mol. The van der Waals surface area contributed by atoms with Crippen molar-refractivity contribution in [1.29, 1.82) is 0 Å². The van der Waals surface area contributed by atoms with E-state index in [-0.39, 0.29) is 0 Å². The molecule has 0 rings (SSSR count). The Morgan fingerprint density at radius 3 is 0.857 bits per heavy atom. The van der Waals surface area contributed by atoms with Gasteiger partial charge in [-0.3, -0.25) is 0 Å². The predicted molar refractivity (Wildman–Crippen MR) is 65.8 cm³/mol. The molecule has 0 radical (unpaired) electrons. The van der Waals surface area contributed by atoms with Crippen molar-refractivity contribution in [2.75, 3.05) is 26.2 Å². The van der Waals surface area contributed by atoms with Gasteiger partial charge in [-0.25, -0.2) is 0 Å². The van der Waals surface area contributed by atoms with Crippen molar-refractivity contribution in [1.82, 2.24) is 0 Å². The average Bonchev–Trinajstić information content (AvgIpc) is 2.07. The van der Waals surface area contributed by atoms with Crippen LogP contribution in [0.1, 0.15) is 27.7 Å². The SMILES string of the molecule is CC[N+](CC)(CC)CC.[Cl][Au-]([Cl])([Cl])[Cl]. The van der Waals surface area contributed by atoms with E-state index in [1.165, 1.54) is 30.7 Å². The van der Waals surface area contributed by atoms with E-state index in [1.54, 1.807) is 0 Å². The topological polar surface area (TPSA) is 0 Å². The zero-order valence-electron chi connectivity index (χ0n) is 9.09. The normalized spacial score (nSPS) is 13.1. The number of halogens is 4. The first-order valence-corrected chi connectivity index (χ1v) is 15.3.